The van der Waals surface area contributed by atoms with E-state index in [1.807, 2.05) is 24.3 Å². The molecule has 2 aliphatic rings. The highest BCUT2D eigenvalue weighted by Crippen LogP contribution is 2.44. The first-order valence-corrected chi connectivity index (χ1v) is 8.85. The zero-order chi connectivity index (χ0) is 18.3. The van der Waals surface area contributed by atoms with Crippen molar-refractivity contribution in [2.75, 3.05) is 24.4 Å². The van der Waals surface area contributed by atoms with Gasteiger partial charge in [-0.1, -0.05) is 23.9 Å². The number of carbonyl (C=O) groups excluding carboxylic acids is 1. The third-order valence-electron chi connectivity index (χ3n) is 4.33. The van der Waals surface area contributed by atoms with Crippen LogP contribution >= 0.6 is 11.8 Å². The highest BCUT2D eigenvalue weighted by Gasteiger charge is 2.36. The Balaban J connectivity index is 1.68. The van der Waals surface area contributed by atoms with Crippen LogP contribution < -0.4 is 19.7 Å². The number of benzene rings is 2. The standard InChI is InChI=1S/C19H17N3O3S/c1-24-14-8-7-11(9-15(14)25-2)22-17(23)10-12(18(22)20)19-21-13-5-3-4-6-16(13)26-19/h3-9,20-21H,10H2,1-2H3. The maximum Gasteiger partial charge on any atom is 0.237 e. The molecule has 2 aromatic rings. The van der Waals surface area contributed by atoms with Gasteiger partial charge >= 0.3 is 0 Å². The van der Waals surface area contributed by atoms with Gasteiger partial charge in [0.25, 0.3) is 0 Å². The molecule has 2 aromatic carbocycles. The quantitative estimate of drug-likeness (QED) is 0.862. The Labute approximate surface area is 155 Å². The van der Waals surface area contributed by atoms with E-state index in [0.29, 0.717) is 22.8 Å². The molecule has 4 rings (SSSR count). The minimum absolute atomic E-state index is 0.136. The second-order valence-corrected chi connectivity index (χ2v) is 6.88. The Morgan fingerprint density at radius 3 is 2.62 bits per heavy atom. The van der Waals surface area contributed by atoms with Gasteiger partial charge < -0.3 is 14.8 Å². The van der Waals surface area contributed by atoms with E-state index in [1.165, 1.54) is 4.90 Å². The molecule has 0 spiro atoms. The zero-order valence-corrected chi connectivity index (χ0v) is 15.1. The lowest BCUT2D eigenvalue weighted by Crippen LogP contribution is -2.28. The summed E-state index contributed by atoms with van der Waals surface area (Å²) in [7, 11) is 3.10. The Morgan fingerprint density at radius 2 is 1.88 bits per heavy atom. The molecule has 7 heteroatoms. The predicted octanol–water partition coefficient (Wildman–Crippen LogP) is 3.85. The first-order chi connectivity index (χ1) is 12.6. The van der Waals surface area contributed by atoms with Gasteiger partial charge in [-0.15, -0.1) is 0 Å². The van der Waals surface area contributed by atoms with Crippen LogP contribution in [0.1, 0.15) is 6.42 Å². The second-order valence-electron chi connectivity index (χ2n) is 5.82. The number of fused-ring (bicyclic) bond motifs is 1. The summed E-state index contributed by atoms with van der Waals surface area (Å²) in [6, 6.07) is 13.1. The summed E-state index contributed by atoms with van der Waals surface area (Å²) >= 11 is 1.55. The van der Waals surface area contributed by atoms with Gasteiger partial charge in [-0.05, 0) is 24.3 Å². The lowest BCUT2D eigenvalue weighted by molar-refractivity contribution is -0.116. The molecule has 0 atom stereocenters. The number of anilines is 2. The molecule has 0 radical (unpaired) electrons. The van der Waals surface area contributed by atoms with E-state index in [9.17, 15) is 4.79 Å². The summed E-state index contributed by atoms with van der Waals surface area (Å²) < 4.78 is 10.6. The molecule has 1 saturated heterocycles. The van der Waals surface area contributed by atoms with E-state index in [4.69, 9.17) is 14.9 Å². The van der Waals surface area contributed by atoms with Gasteiger partial charge in [-0.2, -0.15) is 0 Å². The number of nitrogens with one attached hydrogen (secondary N) is 2. The highest BCUT2D eigenvalue weighted by atomic mass is 32.2. The molecule has 6 nitrogen and oxygen atoms in total. The number of para-hydroxylation sites is 1. The predicted molar refractivity (Wildman–Crippen MR) is 102 cm³/mol. The van der Waals surface area contributed by atoms with Crippen LogP contribution in [-0.2, 0) is 4.79 Å². The summed E-state index contributed by atoms with van der Waals surface area (Å²) in [6.07, 6.45) is 0.191. The van der Waals surface area contributed by atoms with Crippen LogP contribution in [0.3, 0.4) is 0 Å². The van der Waals surface area contributed by atoms with Gasteiger partial charge in [0.1, 0.15) is 5.84 Å². The number of amides is 1. The second kappa shape index (κ2) is 6.42. The SMILES string of the molecule is COc1ccc(N2C(=N)C(=C3Nc4ccccc4S3)CC2=O)cc1OC. The average molecular weight is 367 g/mol. The van der Waals surface area contributed by atoms with Crippen LogP contribution in [0.15, 0.2) is 58.0 Å². The minimum Gasteiger partial charge on any atom is -0.493 e. The number of carbonyl (C=O) groups is 1. The van der Waals surface area contributed by atoms with Gasteiger partial charge in [0.05, 0.1) is 37.0 Å². The minimum atomic E-state index is -0.136. The fraction of sp³-hybridized carbons (Fsp3) is 0.158. The Hall–Kier alpha value is -2.93. The molecule has 2 aliphatic heterocycles. The lowest BCUT2D eigenvalue weighted by atomic mass is 10.2. The van der Waals surface area contributed by atoms with Gasteiger partial charge in [-0.3, -0.25) is 15.1 Å². The molecule has 132 valence electrons. The Morgan fingerprint density at radius 1 is 1.12 bits per heavy atom. The smallest absolute Gasteiger partial charge is 0.237 e. The van der Waals surface area contributed by atoms with E-state index in [1.54, 1.807) is 44.2 Å². The first-order valence-electron chi connectivity index (χ1n) is 8.03. The van der Waals surface area contributed by atoms with Crippen molar-refractivity contribution >= 4 is 34.9 Å². The zero-order valence-electron chi connectivity index (χ0n) is 14.3. The fourth-order valence-electron chi connectivity index (χ4n) is 3.05. The third-order valence-corrected chi connectivity index (χ3v) is 5.46. The fourth-order valence-corrected chi connectivity index (χ4v) is 4.10. The van der Waals surface area contributed by atoms with Gasteiger partial charge in [0, 0.05) is 16.5 Å². The number of amidine groups is 1. The molecule has 1 amide bonds. The van der Waals surface area contributed by atoms with Crippen LogP contribution in [-0.4, -0.2) is 26.0 Å². The summed E-state index contributed by atoms with van der Waals surface area (Å²) in [5, 5.41) is 12.7. The van der Waals surface area contributed by atoms with Crippen molar-refractivity contribution in [2.45, 2.75) is 11.3 Å². The number of rotatable bonds is 3. The molecule has 2 N–H and O–H groups in total. The van der Waals surface area contributed by atoms with Gasteiger partial charge in [0.15, 0.2) is 11.5 Å². The largest absolute Gasteiger partial charge is 0.493 e. The molecule has 0 bridgehead atoms. The van der Waals surface area contributed by atoms with Crippen LogP contribution in [0.5, 0.6) is 11.5 Å². The van der Waals surface area contributed by atoms with E-state index in [-0.39, 0.29) is 18.2 Å². The molecular weight excluding hydrogens is 350 g/mol. The first kappa shape index (κ1) is 16.5. The van der Waals surface area contributed by atoms with Crippen molar-refractivity contribution in [3.05, 3.63) is 53.1 Å². The molecule has 0 aliphatic carbocycles. The number of hydrogen-bond donors (Lipinski definition) is 2. The number of hydrogen-bond acceptors (Lipinski definition) is 6. The average Bonchev–Trinajstić information content (AvgIpc) is 3.21. The Bertz CT molecular complexity index is 928. The van der Waals surface area contributed by atoms with Crippen molar-refractivity contribution < 1.29 is 14.3 Å². The van der Waals surface area contributed by atoms with Gasteiger partial charge in [-0.25, -0.2) is 0 Å². The molecule has 0 unspecified atom stereocenters. The maximum atomic E-state index is 12.6. The molecule has 26 heavy (non-hydrogen) atoms. The van der Waals surface area contributed by atoms with E-state index < -0.39 is 0 Å². The van der Waals surface area contributed by atoms with Crippen molar-refractivity contribution in [3.63, 3.8) is 0 Å². The number of nitrogens with zero attached hydrogens (tertiary/aromatic N) is 1. The Kier molecular flexibility index (Phi) is 4.08. The van der Waals surface area contributed by atoms with Crippen LogP contribution in [0, 0.1) is 5.41 Å². The molecule has 2 heterocycles. The summed E-state index contributed by atoms with van der Waals surface area (Å²) in [5.74, 6) is 1.15. The lowest BCUT2D eigenvalue weighted by Gasteiger charge is -2.18. The topological polar surface area (TPSA) is 74.7 Å². The van der Waals surface area contributed by atoms with Crippen LogP contribution in [0.25, 0.3) is 0 Å². The van der Waals surface area contributed by atoms with Gasteiger partial charge in [0.2, 0.25) is 5.91 Å². The summed E-state index contributed by atoms with van der Waals surface area (Å²) in [6.45, 7) is 0. The van der Waals surface area contributed by atoms with Crippen LogP contribution in [0.4, 0.5) is 11.4 Å². The molecule has 0 saturated carbocycles. The summed E-state index contributed by atoms with van der Waals surface area (Å²) in [4.78, 5) is 15.1. The molecular formula is C19H17N3O3S. The molecule has 0 aromatic heterocycles. The number of ether oxygens (including phenoxy) is 2. The van der Waals surface area contributed by atoms with E-state index in [0.717, 1.165) is 15.6 Å². The third kappa shape index (κ3) is 2.61. The van der Waals surface area contributed by atoms with Crippen LogP contribution in [0.2, 0.25) is 0 Å². The summed E-state index contributed by atoms with van der Waals surface area (Å²) in [5.41, 5.74) is 2.30. The van der Waals surface area contributed by atoms with Crippen molar-refractivity contribution in [1.82, 2.24) is 0 Å². The molecule has 1 fully saturated rings. The normalized spacial score (nSPS) is 18.8. The van der Waals surface area contributed by atoms with Crippen molar-refractivity contribution in [2.24, 2.45) is 0 Å². The van der Waals surface area contributed by atoms with Crippen molar-refractivity contribution in [1.29, 1.82) is 5.41 Å². The highest BCUT2D eigenvalue weighted by molar-refractivity contribution is 8.03. The van der Waals surface area contributed by atoms with E-state index in [2.05, 4.69) is 5.32 Å². The monoisotopic (exact) mass is 367 g/mol. The number of thioether (sulfide) groups is 1. The van der Waals surface area contributed by atoms with E-state index >= 15 is 0 Å². The maximum absolute atomic E-state index is 12.6. The number of methoxy groups -OCH3 is 2. The van der Waals surface area contributed by atoms with Crippen molar-refractivity contribution in [3.8, 4) is 11.5 Å².